The van der Waals surface area contributed by atoms with E-state index in [2.05, 4.69) is 26.1 Å². The van der Waals surface area contributed by atoms with Crippen molar-refractivity contribution in [1.29, 1.82) is 0 Å². The van der Waals surface area contributed by atoms with E-state index >= 15 is 0 Å². The third-order valence-electron chi connectivity index (χ3n) is 2.74. The summed E-state index contributed by atoms with van der Waals surface area (Å²) in [6.07, 6.45) is 5.75. The van der Waals surface area contributed by atoms with Gasteiger partial charge in [0.2, 0.25) is 0 Å². The van der Waals surface area contributed by atoms with E-state index in [1.807, 2.05) is 12.4 Å². The number of hydrogen-bond donors (Lipinski definition) is 1. The predicted octanol–water partition coefficient (Wildman–Crippen LogP) is 1.45. The second-order valence-corrected chi connectivity index (χ2v) is 4.21. The molecule has 0 spiro atoms. The lowest BCUT2D eigenvalue weighted by Crippen LogP contribution is -2.30. The highest BCUT2D eigenvalue weighted by molar-refractivity contribution is 4.81. The SMILES string of the molecule is CCCn1ccn(CCC(C)NCC)c1=O. The molecule has 92 valence electrons. The molecule has 0 saturated carbocycles. The number of imidazole rings is 1. The van der Waals surface area contributed by atoms with Gasteiger partial charge in [0, 0.05) is 31.5 Å². The molecule has 0 saturated heterocycles. The van der Waals surface area contributed by atoms with Crippen molar-refractivity contribution in [3.05, 3.63) is 22.9 Å². The molecule has 0 aromatic carbocycles. The summed E-state index contributed by atoms with van der Waals surface area (Å²) in [4.78, 5) is 11.8. The molecule has 0 aliphatic rings. The maximum atomic E-state index is 11.8. The van der Waals surface area contributed by atoms with Gasteiger partial charge >= 0.3 is 5.69 Å². The van der Waals surface area contributed by atoms with Gasteiger partial charge < -0.3 is 5.32 Å². The molecule has 16 heavy (non-hydrogen) atoms. The van der Waals surface area contributed by atoms with Crippen molar-refractivity contribution >= 4 is 0 Å². The molecule has 1 N–H and O–H groups in total. The molecule has 4 heteroatoms. The van der Waals surface area contributed by atoms with Crippen molar-refractivity contribution in [3.63, 3.8) is 0 Å². The van der Waals surface area contributed by atoms with Crippen LogP contribution in [0.3, 0.4) is 0 Å². The lowest BCUT2D eigenvalue weighted by atomic mass is 10.2. The highest BCUT2D eigenvalue weighted by Gasteiger charge is 2.04. The molecule has 0 aliphatic heterocycles. The van der Waals surface area contributed by atoms with Gasteiger partial charge in [0.15, 0.2) is 0 Å². The topological polar surface area (TPSA) is 39.0 Å². The lowest BCUT2D eigenvalue weighted by Gasteiger charge is -2.11. The Hall–Kier alpha value is -1.03. The smallest absolute Gasteiger partial charge is 0.314 e. The number of hydrogen-bond acceptors (Lipinski definition) is 2. The van der Waals surface area contributed by atoms with Gasteiger partial charge in [0.1, 0.15) is 0 Å². The summed E-state index contributed by atoms with van der Waals surface area (Å²) in [5, 5.41) is 3.34. The van der Waals surface area contributed by atoms with Gasteiger partial charge in [0.05, 0.1) is 0 Å². The van der Waals surface area contributed by atoms with Crippen molar-refractivity contribution in [1.82, 2.24) is 14.5 Å². The normalized spacial score (nSPS) is 12.9. The van der Waals surface area contributed by atoms with Gasteiger partial charge in [-0.3, -0.25) is 9.13 Å². The minimum atomic E-state index is 0.116. The van der Waals surface area contributed by atoms with Gasteiger partial charge in [-0.05, 0) is 26.3 Å². The third kappa shape index (κ3) is 3.52. The fourth-order valence-corrected chi connectivity index (χ4v) is 1.82. The molecule has 4 nitrogen and oxygen atoms in total. The van der Waals surface area contributed by atoms with Crippen LogP contribution < -0.4 is 11.0 Å². The average Bonchev–Trinajstić information content (AvgIpc) is 2.59. The number of rotatable bonds is 7. The number of aryl methyl sites for hydroxylation is 2. The van der Waals surface area contributed by atoms with Gasteiger partial charge in [-0.2, -0.15) is 0 Å². The van der Waals surface area contributed by atoms with E-state index in [0.29, 0.717) is 6.04 Å². The Kier molecular flexibility index (Phi) is 5.32. The second kappa shape index (κ2) is 6.53. The average molecular weight is 225 g/mol. The van der Waals surface area contributed by atoms with Crippen LogP contribution in [-0.2, 0) is 13.1 Å². The Balaban J connectivity index is 2.51. The molecule has 1 aromatic heterocycles. The van der Waals surface area contributed by atoms with Crippen LogP contribution in [0.1, 0.15) is 33.6 Å². The first-order valence-corrected chi connectivity index (χ1v) is 6.18. The first-order chi connectivity index (χ1) is 7.69. The number of aromatic nitrogens is 2. The summed E-state index contributed by atoms with van der Waals surface area (Å²) >= 11 is 0. The Morgan fingerprint density at radius 1 is 1.25 bits per heavy atom. The first kappa shape index (κ1) is 13.0. The van der Waals surface area contributed by atoms with Crippen LogP contribution in [0.25, 0.3) is 0 Å². The van der Waals surface area contributed by atoms with Crippen molar-refractivity contribution in [2.24, 2.45) is 0 Å². The molecular weight excluding hydrogens is 202 g/mol. The fourth-order valence-electron chi connectivity index (χ4n) is 1.82. The molecule has 1 unspecified atom stereocenters. The van der Waals surface area contributed by atoms with Crippen LogP contribution in [0.15, 0.2) is 17.2 Å². The van der Waals surface area contributed by atoms with Crippen molar-refractivity contribution < 1.29 is 0 Å². The van der Waals surface area contributed by atoms with Crippen LogP contribution >= 0.6 is 0 Å². The molecule has 0 radical (unpaired) electrons. The summed E-state index contributed by atoms with van der Waals surface area (Å²) in [7, 11) is 0. The van der Waals surface area contributed by atoms with Crippen molar-refractivity contribution in [3.8, 4) is 0 Å². The number of nitrogens with zero attached hydrogens (tertiary/aromatic N) is 2. The Labute approximate surface area is 97.3 Å². The van der Waals surface area contributed by atoms with E-state index in [1.54, 1.807) is 9.13 Å². The molecule has 0 amide bonds. The molecule has 0 aliphatic carbocycles. The van der Waals surface area contributed by atoms with E-state index in [0.717, 1.165) is 32.5 Å². The minimum Gasteiger partial charge on any atom is -0.314 e. The van der Waals surface area contributed by atoms with Crippen LogP contribution in [-0.4, -0.2) is 21.7 Å². The molecule has 1 rings (SSSR count). The van der Waals surface area contributed by atoms with Gasteiger partial charge in [-0.1, -0.05) is 13.8 Å². The Morgan fingerprint density at radius 2 is 1.88 bits per heavy atom. The van der Waals surface area contributed by atoms with Crippen molar-refractivity contribution in [2.75, 3.05) is 6.54 Å². The van der Waals surface area contributed by atoms with Gasteiger partial charge in [-0.15, -0.1) is 0 Å². The zero-order chi connectivity index (χ0) is 12.0. The quantitative estimate of drug-likeness (QED) is 0.763. The van der Waals surface area contributed by atoms with Crippen LogP contribution in [0.2, 0.25) is 0 Å². The standard InChI is InChI=1S/C12H23N3O/c1-4-7-14-9-10-15(12(14)16)8-6-11(3)13-5-2/h9-11,13H,4-8H2,1-3H3. The zero-order valence-corrected chi connectivity index (χ0v) is 10.6. The van der Waals surface area contributed by atoms with E-state index < -0.39 is 0 Å². The largest absolute Gasteiger partial charge is 0.328 e. The van der Waals surface area contributed by atoms with Crippen molar-refractivity contribution in [2.45, 2.75) is 52.7 Å². The Morgan fingerprint density at radius 3 is 2.44 bits per heavy atom. The predicted molar refractivity (Wildman–Crippen MR) is 66.7 cm³/mol. The summed E-state index contributed by atoms with van der Waals surface area (Å²) in [5.41, 5.74) is 0.116. The van der Waals surface area contributed by atoms with E-state index in [1.165, 1.54) is 0 Å². The van der Waals surface area contributed by atoms with Crippen LogP contribution in [0, 0.1) is 0 Å². The molecular formula is C12H23N3O. The first-order valence-electron chi connectivity index (χ1n) is 6.18. The highest BCUT2D eigenvalue weighted by Crippen LogP contribution is 1.95. The van der Waals surface area contributed by atoms with Gasteiger partial charge in [-0.25, -0.2) is 4.79 Å². The molecule has 1 heterocycles. The summed E-state index contributed by atoms with van der Waals surface area (Å²) in [5.74, 6) is 0. The van der Waals surface area contributed by atoms with E-state index in [9.17, 15) is 4.79 Å². The fraction of sp³-hybridized carbons (Fsp3) is 0.750. The maximum absolute atomic E-state index is 11.8. The van der Waals surface area contributed by atoms with Gasteiger partial charge in [0.25, 0.3) is 0 Å². The zero-order valence-electron chi connectivity index (χ0n) is 10.6. The second-order valence-electron chi connectivity index (χ2n) is 4.21. The van der Waals surface area contributed by atoms with E-state index in [-0.39, 0.29) is 5.69 Å². The van der Waals surface area contributed by atoms with Crippen LogP contribution in [0.5, 0.6) is 0 Å². The summed E-state index contributed by atoms with van der Waals surface area (Å²) < 4.78 is 3.57. The minimum absolute atomic E-state index is 0.116. The summed E-state index contributed by atoms with van der Waals surface area (Å²) in [6.45, 7) is 8.92. The monoisotopic (exact) mass is 225 g/mol. The molecule has 0 bridgehead atoms. The Bertz CT molecular complexity index is 353. The summed E-state index contributed by atoms with van der Waals surface area (Å²) in [6, 6.07) is 0.464. The van der Waals surface area contributed by atoms with E-state index in [4.69, 9.17) is 0 Å². The lowest BCUT2D eigenvalue weighted by molar-refractivity contribution is 0.477. The van der Waals surface area contributed by atoms with Crippen LogP contribution in [0.4, 0.5) is 0 Å². The maximum Gasteiger partial charge on any atom is 0.328 e. The number of nitrogens with one attached hydrogen (secondary N) is 1. The highest BCUT2D eigenvalue weighted by atomic mass is 16.1. The molecule has 0 fully saturated rings. The molecule has 1 atom stereocenters. The third-order valence-corrected chi connectivity index (χ3v) is 2.74. The molecule has 1 aromatic rings.